The van der Waals surface area contributed by atoms with Gasteiger partial charge >= 0.3 is 0 Å². The van der Waals surface area contributed by atoms with E-state index in [2.05, 4.69) is 30.6 Å². The molecule has 2 fully saturated rings. The average molecular weight is 281 g/mol. The maximum absolute atomic E-state index is 6.12. The van der Waals surface area contributed by atoms with Crippen molar-refractivity contribution >= 4 is 0 Å². The molecule has 2 rings (SSSR count). The quantitative estimate of drug-likeness (QED) is 0.841. The van der Waals surface area contributed by atoms with Gasteiger partial charge < -0.3 is 10.6 Å². The number of likely N-dealkylation sites (tertiary alicyclic amines) is 2. The van der Waals surface area contributed by atoms with Gasteiger partial charge in [-0.25, -0.2) is 0 Å². The van der Waals surface area contributed by atoms with Gasteiger partial charge in [0.15, 0.2) is 0 Å². The van der Waals surface area contributed by atoms with Gasteiger partial charge in [-0.05, 0) is 71.0 Å². The summed E-state index contributed by atoms with van der Waals surface area (Å²) in [5.74, 6) is 0.723. The minimum Gasteiger partial charge on any atom is -0.328 e. The molecule has 2 saturated heterocycles. The van der Waals surface area contributed by atoms with Crippen LogP contribution in [0.4, 0.5) is 0 Å². The molecule has 118 valence electrons. The third kappa shape index (κ3) is 3.96. The fourth-order valence-corrected chi connectivity index (χ4v) is 4.22. The summed E-state index contributed by atoms with van der Waals surface area (Å²) >= 11 is 0. The zero-order chi connectivity index (χ0) is 14.5. The van der Waals surface area contributed by atoms with Crippen LogP contribution in [-0.2, 0) is 0 Å². The number of nitrogens with zero attached hydrogens (tertiary/aromatic N) is 2. The molecule has 2 aliphatic heterocycles. The van der Waals surface area contributed by atoms with Crippen LogP contribution in [-0.4, -0.2) is 54.1 Å². The van der Waals surface area contributed by atoms with Crippen molar-refractivity contribution < 1.29 is 0 Å². The van der Waals surface area contributed by atoms with Gasteiger partial charge in [-0.15, -0.1) is 0 Å². The van der Waals surface area contributed by atoms with Crippen LogP contribution in [0.25, 0.3) is 0 Å². The Bertz CT molecular complexity index is 267. The highest BCUT2D eigenvalue weighted by molar-refractivity contribution is 4.87. The lowest BCUT2D eigenvalue weighted by atomic mass is 9.89. The van der Waals surface area contributed by atoms with E-state index in [0.29, 0.717) is 6.04 Å². The van der Waals surface area contributed by atoms with Crippen LogP contribution in [0.15, 0.2) is 0 Å². The van der Waals surface area contributed by atoms with E-state index in [1.54, 1.807) is 0 Å². The van der Waals surface area contributed by atoms with Gasteiger partial charge in [-0.3, -0.25) is 4.90 Å². The lowest BCUT2D eigenvalue weighted by molar-refractivity contribution is 0.0512. The zero-order valence-electron chi connectivity index (χ0n) is 13.9. The van der Waals surface area contributed by atoms with Gasteiger partial charge in [0.2, 0.25) is 0 Å². The third-order valence-corrected chi connectivity index (χ3v) is 5.71. The molecule has 0 radical (unpaired) electrons. The van der Waals surface area contributed by atoms with Gasteiger partial charge in [-0.1, -0.05) is 13.8 Å². The molecule has 3 heteroatoms. The fraction of sp³-hybridized carbons (Fsp3) is 1.00. The summed E-state index contributed by atoms with van der Waals surface area (Å²) in [6.45, 7) is 12.0. The normalized spacial score (nSPS) is 28.9. The smallest absolute Gasteiger partial charge is 0.0120 e. The van der Waals surface area contributed by atoms with Crippen LogP contribution in [0.2, 0.25) is 0 Å². The van der Waals surface area contributed by atoms with Gasteiger partial charge in [0, 0.05) is 24.7 Å². The number of hydrogen-bond acceptors (Lipinski definition) is 3. The molecule has 0 aromatic rings. The number of hydrogen-bond donors (Lipinski definition) is 1. The average Bonchev–Trinajstić information content (AvgIpc) is 2.49. The summed E-state index contributed by atoms with van der Waals surface area (Å²) in [5.41, 5.74) is 6.12. The van der Waals surface area contributed by atoms with E-state index >= 15 is 0 Å². The summed E-state index contributed by atoms with van der Waals surface area (Å²) in [6.07, 6.45) is 8.01. The highest BCUT2D eigenvalue weighted by Crippen LogP contribution is 2.26. The molecule has 2 heterocycles. The minimum atomic E-state index is 0.363. The highest BCUT2D eigenvalue weighted by Gasteiger charge is 2.31. The molecule has 0 aromatic heterocycles. The second kappa shape index (κ2) is 7.77. The van der Waals surface area contributed by atoms with Gasteiger partial charge in [0.05, 0.1) is 0 Å². The fourth-order valence-electron chi connectivity index (χ4n) is 4.22. The SMILES string of the molecule is CCC(CC)N1CCC(N2CCC[C@@H]([C@H](C)N)C2)CC1. The molecular formula is C17H35N3. The number of rotatable bonds is 5. The predicted molar refractivity (Wildman–Crippen MR) is 86.9 cm³/mol. The molecule has 20 heavy (non-hydrogen) atoms. The van der Waals surface area contributed by atoms with E-state index < -0.39 is 0 Å². The molecular weight excluding hydrogens is 246 g/mol. The van der Waals surface area contributed by atoms with Crippen molar-refractivity contribution in [2.75, 3.05) is 26.2 Å². The van der Waals surface area contributed by atoms with E-state index in [0.717, 1.165) is 18.0 Å². The second-order valence-corrected chi connectivity index (χ2v) is 6.99. The third-order valence-electron chi connectivity index (χ3n) is 5.71. The molecule has 2 N–H and O–H groups in total. The summed E-state index contributed by atoms with van der Waals surface area (Å²) in [6, 6.07) is 2.00. The van der Waals surface area contributed by atoms with E-state index in [4.69, 9.17) is 5.73 Å². The van der Waals surface area contributed by atoms with Crippen molar-refractivity contribution in [3.63, 3.8) is 0 Å². The Balaban J connectivity index is 1.81. The van der Waals surface area contributed by atoms with Crippen molar-refractivity contribution in [3.05, 3.63) is 0 Å². The van der Waals surface area contributed by atoms with Gasteiger partial charge in [0.1, 0.15) is 0 Å². The summed E-state index contributed by atoms with van der Waals surface area (Å²) in [7, 11) is 0. The van der Waals surface area contributed by atoms with Gasteiger partial charge in [-0.2, -0.15) is 0 Å². The Morgan fingerprint density at radius 1 is 1.05 bits per heavy atom. The molecule has 0 aliphatic carbocycles. The van der Waals surface area contributed by atoms with E-state index in [1.807, 2.05) is 0 Å². The van der Waals surface area contributed by atoms with E-state index in [9.17, 15) is 0 Å². The molecule has 2 aliphatic rings. The first-order chi connectivity index (χ1) is 9.65. The summed E-state index contributed by atoms with van der Waals surface area (Å²) in [5, 5.41) is 0. The standard InChI is InChI=1S/C17H35N3/c1-4-16(5-2)19-11-8-17(9-12-19)20-10-6-7-15(13-20)14(3)18/h14-17H,4-13,18H2,1-3H3/t14-,15+/m0/s1. The molecule has 3 nitrogen and oxygen atoms in total. The molecule has 2 atom stereocenters. The van der Waals surface area contributed by atoms with Crippen LogP contribution in [0, 0.1) is 5.92 Å². The monoisotopic (exact) mass is 281 g/mol. The van der Waals surface area contributed by atoms with Crippen LogP contribution in [0.3, 0.4) is 0 Å². The van der Waals surface area contributed by atoms with Crippen molar-refractivity contribution in [2.45, 2.75) is 77.4 Å². The molecule has 0 spiro atoms. The highest BCUT2D eigenvalue weighted by atomic mass is 15.2. The first-order valence-electron chi connectivity index (χ1n) is 8.89. The molecule has 0 amide bonds. The Morgan fingerprint density at radius 2 is 1.70 bits per heavy atom. The number of piperidine rings is 2. The second-order valence-electron chi connectivity index (χ2n) is 6.99. The predicted octanol–water partition coefficient (Wildman–Crippen LogP) is 2.70. The Morgan fingerprint density at radius 3 is 2.25 bits per heavy atom. The maximum Gasteiger partial charge on any atom is 0.0120 e. The van der Waals surface area contributed by atoms with Crippen LogP contribution < -0.4 is 5.73 Å². The largest absolute Gasteiger partial charge is 0.328 e. The van der Waals surface area contributed by atoms with Gasteiger partial charge in [0.25, 0.3) is 0 Å². The lowest BCUT2D eigenvalue weighted by Gasteiger charge is -2.44. The topological polar surface area (TPSA) is 32.5 Å². The zero-order valence-corrected chi connectivity index (χ0v) is 13.9. The number of nitrogens with two attached hydrogens (primary N) is 1. The first kappa shape index (κ1) is 16.3. The molecule has 0 bridgehead atoms. The van der Waals surface area contributed by atoms with E-state index in [1.165, 1.54) is 64.7 Å². The molecule has 0 aromatic carbocycles. The van der Waals surface area contributed by atoms with Crippen LogP contribution in [0.1, 0.15) is 59.3 Å². The summed E-state index contributed by atoms with van der Waals surface area (Å²) < 4.78 is 0. The van der Waals surface area contributed by atoms with Crippen molar-refractivity contribution in [1.29, 1.82) is 0 Å². The van der Waals surface area contributed by atoms with E-state index in [-0.39, 0.29) is 0 Å². The van der Waals surface area contributed by atoms with Crippen molar-refractivity contribution in [2.24, 2.45) is 11.7 Å². The van der Waals surface area contributed by atoms with Crippen LogP contribution in [0.5, 0.6) is 0 Å². The molecule has 0 unspecified atom stereocenters. The minimum absolute atomic E-state index is 0.363. The lowest BCUT2D eigenvalue weighted by Crippen LogP contribution is -2.52. The Labute approximate surface area is 125 Å². The first-order valence-corrected chi connectivity index (χ1v) is 8.89. The maximum atomic E-state index is 6.12. The van der Waals surface area contributed by atoms with Crippen molar-refractivity contribution in [1.82, 2.24) is 9.80 Å². The molecule has 0 saturated carbocycles. The van der Waals surface area contributed by atoms with Crippen molar-refractivity contribution in [3.8, 4) is 0 Å². The van der Waals surface area contributed by atoms with Crippen LogP contribution >= 0.6 is 0 Å². The Kier molecular flexibility index (Phi) is 6.31. The summed E-state index contributed by atoms with van der Waals surface area (Å²) in [4.78, 5) is 5.48. The Hall–Kier alpha value is -0.120.